The minimum atomic E-state index is -5.27. The molecule has 2 unspecified atom stereocenters. The van der Waals surface area contributed by atoms with E-state index >= 15 is 0 Å². The quantitative estimate of drug-likeness (QED) is 0.109. The third kappa shape index (κ3) is 6.77. The molecule has 4 bridgehead atoms. The Morgan fingerprint density at radius 3 is 1.06 bits per heavy atom. The number of hydrogen-bond acceptors (Lipinski definition) is 10. The Morgan fingerprint density at radius 1 is 0.479 bits per heavy atom. The van der Waals surface area contributed by atoms with Gasteiger partial charge >= 0.3 is 103 Å². The Bertz CT molecular complexity index is 2110. The van der Waals surface area contributed by atoms with E-state index in [4.69, 9.17) is 9.47 Å². The van der Waals surface area contributed by atoms with E-state index < -0.39 is 53.7 Å². The zero-order valence-electron chi connectivity index (χ0n) is 25.4. The molecule has 0 aliphatic carbocycles. The summed E-state index contributed by atoms with van der Waals surface area (Å²) in [5.74, 6) is -1.88. The molecule has 4 aliphatic heterocycles. The van der Waals surface area contributed by atoms with Crippen LogP contribution in [0.4, 0.5) is 0 Å². The Labute approximate surface area is 361 Å². The smallest absolute Gasteiger partial charge is 0.744 e. The van der Waals surface area contributed by atoms with Gasteiger partial charge in [-0.25, -0.2) is 16.8 Å². The predicted molar refractivity (Wildman–Crippen MR) is 160 cm³/mol. The van der Waals surface area contributed by atoms with Crippen LogP contribution in [-0.2, 0) is 20.2 Å². The molecule has 0 fully saturated rings. The van der Waals surface area contributed by atoms with Crippen molar-refractivity contribution in [1.82, 2.24) is 0 Å². The first-order valence-electron chi connectivity index (χ1n) is 13.8. The van der Waals surface area contributed by atoms with E-state index in [0.29, 0.717) is 33.4 Å². The maximum Gasteiger partial charge on any atom is 1.00 e. The van der Waals surface area contributed by atoms with Crippen molar-refractivity contribution in [2.24, 2.45) is 0 Å². The van der Waals surface area contributed by atoms with Gasteiger partial charge in [-0.05, 0) is 11.1 Å². The van der Waals surface area contributed by atoms with Crippen LogP contribution in [0.2, 0.25) is 0 Å². The van der Waals surface area contributed by atoms with Gasteiger partial charge < -0.3 is 18.6 Å². The summed E-state index contributed by atoms with van der Waals surface area (Å²) in [6.07, 6.45) is -2.63. The molecule has 9 rings (SSSR count). The van der Waals surface area contributed by atoms with Crippen LogP contribution in [0.3, 0.4) is 0 Å². The summed E-state index contributed by atoms with van der Waals surface area (Å²) in [6, 6.07) is 29.0. The molecule has 4 heterocycles. The van der Waals surface area contributed by atoms with Crippen LogP contribution in [-0.4, -0.2) is 37.5 Å². The SMILES string of the molecule is O=C(c1ccccc1)c1ccc(C2Oc3c4c(S(=O)(=O)[O-])c2c(c3S(=O)(=O)[O-])C(c2ccc(C(=O)c3ccccc3)cc2)O4)cc1.[K+].[K+]. The number of ether oxygens (including phenoxy) is 2. The first-order valence-corrected chi connectivity index (χ1v) is 16.6. The van der Waals surface area contributed by atoms with E-state index in [9.17, 15) is 35.5 Å². The number of ketones is 2. The van der Waals surface area contributed by atoms with E-state index in [0.717, 1.165) is 0 Å². The fourth-order valence-electron chi connectivity index (χ4n) is 5.88. The van der Waals surface area contributed by atoms with Gasteiger partial charge in [0.2, 0.25) is 0 Å². The molecule has 0 saturated carbocycles. The second-order valence-corrected chi connectivity index (χ2v) is 13.3. The fraction of sp³-hybridized carbons (Fsp3) is 0.0588. The molecule has 0 aromatic heterocycles. The van der Waals surface area contributed by atoms with Crippen molar-refractivity contribution in [3.05, 3.63) is 154 Å². The fourth-order valence-corrected chi connectivity index (χ4v) is 7.59. The predicted octanol–water partition coefficient (Wildman–Crippen LogP) is -1.07. The number of benzene rings is 5. The molecule has 0 amide bonds. The molecule has 0 N–H and O–H groups in total. The van der Waals surface area contributed by atoms with Gasteiger partial charge in [-0.3, -0.25) is 9.59 Å². The van der Waals surface area contributed by atoms with E-state index in [1.807, 2.05) is 0 Å². The van der Waals surface area contributed by atoms with E-state index in [2.05, 4.69) is 0 Å². The van der Waals surface area contributed by atoms with Crippen molar-refractivity contribution in [3.8, 4) is 11.5 Å². The van der Waals surface area contributed by atoms with Crippen LogP contribution in [0, 0.1) is 0 Å². The Hall–Kier alpha value is -1.87. The third-order valence-electron chi connectivity index (χ3n) is 7.92. The summed E-state index contributed by atoms with van der Waals surface area (Å²) in [4.78, 5) is 24.2. The van der Waals surface area contributed by atoms with Gasteiger partial charge in [-0.1, -0.05) is 109 Å². The van der Waals surface area contributed by atoms with E-state index in [1.54, 1.807) is 60.7 Å². The summed E-state index contributed by atoms with van der Waals surface area (Å²) in [6.45, 7) is 0. The van der Waals surface area contributed by atoms with Gasteiger partial charge in [-0.2, -0.15) is 0 Å². The largest absolute Gasteiger partial charge is 1.00 e. The van der Waals surface area contributed by atoms with Gasteiger partial charge in [0.1, 0.15) is 30.0 Å². The molecule has 230 valence electrons. The van der Waals surface area contributed by atoms with E-state index in [-0.39, 0.29) is 125 Å². The molecule has 0 saturated heterocycles. The monoisotopic (exact) mass is 730 g/mol. The zero-order valence-corrected chi connectivity index (χ0v) is 33.3. The van der Waals surface area contributed by atoms with Gasteiger partial charge in [-0.15, -0.1) is 0 Å². The van der Waals surface area contributed by atoms with Gasteiger partial charge in [0.05, 0.1) is 0 Å². The number of rotatable bonds is 8. The summed E-state index contributed by atoms with van der Waals surface area (Å²) >= 11 is 0. The average molecular weight is 731 g/mol. The van der Waals surface area contributed by atoms with Crippen molar-refractivity contribution >= 4 is 31.8 Å². The molecule has 10 nitrogen and oxygen atoms in total. The molecule has 5 aromatic rings. The van der Waals surface area contributed by atoms with Crippen LogP contribution in [0.1, 0.15) is 66.3 Å². The summed E-state index contributed by atoms with van der Waals surface area (Å²) in [5.41, 5.74) is 1.44. The van der Waals surface area contributed by atoms with Gasteiger partial charge in [0.25, 0.3) is 0 Å². The Balaban J connectivity index is 0.00000225. The van der Waals surface area contributed by atoms with Crippen LogP contribution in [0.15, 0.2) is 119 Å². The first-order chi connectivity index (χ1) is 21.9. The van der Waals surface area contributed by atoms with Crippen molar-refractivity contribution < 1.29 is 148 Å². The second-order valence-electron chi connectivity index (χ2n) is 10.7. The minimum absolute atomic E-state index is 0. The van der Waals surface area contributed by atoms with Gasteiger partial charge in [0.15, 0.2) is 35.3 Å². The van der Waals surface area contributed by atoms with Crippen LogP contribution in [0.5, 0.6) is 11.5 Å². The maximum atomic E-state index is 12.9. The zero-order chi connectivity index (χ0) is 32.4. The van der Waals surface area contributed by atoms with Crippen LogP contribution >= 0.6 is 0 Å². The Morgan fingerprint density at radius 2 is 0.771 bits per heavy atom. The Kier molecular flexibility index (Phi) is 11.2. The topological polar surface area (TPSA) is 167 Å². The van der Waals surface area contributed by atoms with Crippen molar-refractivity contribution in [3.63, 3.8) is 0 Å². The molecule has 2 atom stereocenters. The summed E-state index contributed by atoms with van der Waals surface area (Å²) in [7, 11) is -10.5. The number of carbonyl (C=O) groups excluding carboxylic acids is 2. The minimum Gasteiger partial charge on any atom is -0.744 e. The maximum absolute atomic E-state index is 12.9. The second kappa shape index (κ2) is 14.4. The molecule has 4 aliphatic rings. The van der Waals surface area contributed by atoms with Crippen molar-refractivity contribution in [2.45, 2.75) is 22.0 Å². The number of hydrogen-bond donors (Lipinski definition) is 0. The molecule has 0 spiro atoms. The summed E-state index contributed by atoms with van der Waals surface area (Å²) < 4.78 is 87.2. The molecule has 0 radical (unpaired) electrons. The normalized spacial score (nSPS) is 15.8. The molecule has 14 heteroatoms. The molecule has 5 aromatic carbocycles. The number of fused-ring (bicyclic) bond motifs is 2. The molecular weight excluding hydrogens is 711 g/mol. The van der Waals surface area contributed by atoms with Crippen LogP contribution in [0.25, 0.3) is 0 Å². The van der Waals surface area contributed by atoms with Crippen molar-refractivity contribution in [2.75, 3.05) is 0 Å². The number of carbonyl (C=O) groups is 2. The van der Waals surface area contributed by atoms with Gasteiger partial charge in [0, 0.05) is 33.4 Å². The molecule has 48 heavy (non-hydrogen) atoms. The van der Waals surface area contributed by atoms with Crippen molar-refractivity contribution in [1.29, 1.82) is 0 Å². The first kappa shape index (κ1) is 37.4. The average Bonchev–Trinajstić information content (AvgIpc) is 3.06. The standard InChI is InChI=1S/C34H22O10S2.2K/c35-27(19-7-3-1-4-8-19)21-11-15-23(16-12-21)29-25-26-30(24-17-13-22(14-18-24)28(36)20-9-5-2-6-10-20)44-32(33(25)45(37,38)39)31(43-29)34(26)46(40,41)42;;/h1-18,29-30H,(H,37,38,39)(H,40,41,42);;/q;2*+1/p-2. The van der Waals surface area contributed by atoms with E-state index in [1.165, 1.54) is 48.5 Å². The summed E-state index contributed by atoms with van der Waals surface area (Å²) in [5, 5.41) is 0. The molecular formula is C34H20K2O10S2. The third-order valence-corrected chi connectivity index (χ3v) is 9.73. The van der Waals surface area contributed by atoms with Crippen LogP contribution < -0.4 is 112 Å².